The van der Waals surface area contributed by atoms with Gasteiger partial charge in [-0.25, -0.2) is 4.39 Å². The van der Waals surface area contributed by atoms with Gasteiger partial charge in [0.2, 0.25) is 0 Å². The van der Waals surface area contributed by atoms with Crippen LogP contribution in [0, 0.1) is 12.7 Å². The van der Waals surface area contributed by atoms with Crippen molar-refractivity contribution in [3.8, 4) is 0 Å². The first-order valence-electron chi connectivity index (χ1n) is 5.35. The normalized spacial score (nSPS) is 10.7. The molecule has 2 rings (SSSR count). The Hall–Kier alpha value is -1.26. The van der Waals surface area contributed by atoms with Crippen molar-refractivity contribution in [2.75, 3.05) is 5.32 Å². The van der Waals surface area contributed by atoms with Gasteiger partial charge < -0.3 is 5.32 Å². The summed E-state index contributed by atoms with van der Waals surface area (Å²) in [5.41, 5.74) is 2.34. The average Bonchev–Trinajstić information content (AvgIpc) is 2.50. The largest absolute Gasteiger partial charge is 0.381 e. The van der Waals surface area contributed by atoms with Crippen LogP contribution in [0.3, 0.4) is 0 Å². The van der Waals surface area contributed by atoms with Crippen LogP contribution in [0.1, 0.15) is 11.3 Å². The van der Waals surface area contributed by atoms with E-state index in [-0.39, 0.29) is 5.82 Å². The molecule has 1 heterocycles. The first-order chi connectivity index (χ1) is 8.47. The molecule has 0 amide bonds. The molecule has 0 spiro atoms. The van der Waals surface area contributed by atoms with Gasteiger partial charge in [0, 0.05) is 29.9 Å². The number of hydrogen-bond acceptors (Lipinski definition) is 2. The molecule has 2 aromatic rings. The standard InChI is InChI=1S/C12H12Cl2FN3/c1-7-11(12(14)18(2)17-7)6-16-10-4-8(13)3-9(15)5-10/h3-5,16H,6H2,1-2H3. The molecule has 0 unspecified atom stereocenters. The Balaban J connectivity index is 2.16. The summed E-state index contributed by atoms with van der Waals surface area (Å²) in [5.74, 6) is -0.376. The second kappa shape index (κ2) is 5.16. The predicted molar refractivity (Wildman–Crippen MR) is 71.7 cm³/mol. The number of benzene rings is 1. The predicted octanol–water partition coefficient (Wildman–Crippen LogP) is 3.79. The molecule has 96 valence electrons. The lowest BCUT2D eigenvalue weighted by molar-refractivity contribution is 0.628. The second-order valence-electron chi connectivity index (χ2n) is 3.99. The van der Waals surface area contributed by atoms with Gasteiger partial charge in [0.15, 0.2) is 0 Å². The molecule has 0 fully saturated rings. The van der Waals surface area contributed by atoms with Crippen molar-refractivity contribution in [2.24, 2.45) is 7.05 Å². The molecular weight excluding hydrogens is 276 g/mol. The smallest absolute Gasteiger partial charge is 0.131 e. The zero-order valence-electron chi connectivity index (χ0n) is 9.97. The number of nitrogens with one attached hydrogen (secondary N) is 1. The van der Waals surface area contributed by atoms with Gasteiger partial charge in [0.1, 0.15) is 11.0 Å². The van der Waals surface area contributed by atoms with E-state index in [1.807, 2.05) is 6.92 Å². The lowest BCUT2D eigenvalue weighted by Crippen LogP contribution is -2.01. The topological polar surface area (TPSA) is 29.9 Å². The van der Waals surface area contributed by atoms with Crippen LogP contribution < -0.4 is 5.32 Å². The zero-order valence-corrected chi connectivity index (χ0v) is 11.5. The summed E-state index contributed by atoms with van der Waals surface area (Å²) in [7, 11) is 1.78. The Morgan fingerprint density at radius 1 is 1.33 bits per heavy atom. The minimum atomic E-state index is -0.376. The highest BCUT2D eigenvalue weighted by atomic mass is 35.5. The molecule has 1 N–H and O–H groups in total. The molecule has 0 saturated carbocycles. The Labute approximate surface area is 115 Å². The molecule has 0 aliphatic heterocycles. The summed E-state index contributed by atoms with van der Waals surface area (Å²) < 4.78 is 14.8. The first kappa shape index (κ1) is 13.2. The highest BCUT2D eigenvalue weighted by Crippen LogP contribution is 2.22. The van der Waals surface area contributed by atoms with E-state index in [2.05, 4.69) is 10.4 Å². The first-order valence-corrected chi connectivity index (χ1v) is 6.11. The van der Waals surface area contributed by atoms with Gasteiger partial charge in [-0.15, -0.1) is 0 Å². The zero-order chi connectivity index (χ0) is 13.3. The van der Waals surface area contributed by atoms with E-state index in [1.165, 1.54) is 12.1 Å². The third-order valence-electron chi connectivity index (χ3n) is 2.60. The van der Waals surface area contributed by atoms with Crippen molar-refractivity contribution in [1.29, 1.82) is 0 Å². The number of halogens is 3. The van der Waals surface area contributed by atoms with Gasteiger partial charge >= 0.3 is 0 Å². The maximum absolute atomic E-state index is 13.1. The SMILES string of the molecule is Cc1nn(C)c(Cl)c1CNc1cc(F)cc(Cl)c1. The average molecular weight is 288 g/mol. The lowest BCUT2D eigenvalue weighted by Gasteiger charge is -2.07. The van der Waals surface area contributed by atoms with E-state index in [0.717, 1.165) is 11.3 Å². The molecule has 1 aromatic heterocycles. The van der Waals surface area contributed by atoms with E-state index in [4.69, 9.17) is 23.2 Å². The number of rotatable bonds is 3. The molecule has 0 bridgehead atoms. The second-order valence-corrected chi connectivity index (χ2v) is 4.78. The van der Waals surface area contributed by atoms with E-state index in [1.54, 1.807) is 17.8 Å². The fraction of sp³-hybridized carbons (Fsp3) is 0.250. The number of nitrogens with zero attached hydrogens (tertiary/aromatic N) is 2. The van der Waals surface area contributed by atoms with Gasteiger partial charge in [-0.1, -0.05) is 23.2 Å². The van der Waals surface area contributed by atoms with E-state index in [0.29, 0.717) is 22.4 Å². The summed E-state index contributed by atoms with van der Waals surface area (Å²) >= 11 is 11.9. The summed E-state index contributed by atoms with van der Waals surface area (Å²) in [6.45, 7) is 2.35. The van der Waals surface area contributed by atoms with Crippen LogP contribution in [-0.4, -0.2) is 9.78 Å². The van der Waals surface area contributed by atoms with Gasteiger partial charge in [0.25, 0.3) is 0 Å². The van der Waals surface area contributed by atoms with E-state index < -0.39 is 0 Å². The van der Waals surface area contributed by atoms with Gasteiger partial charge in [-0.3, -0.25) is 4.68 Å². The Morgan fingerprint density at radius 2 is 2.06 bits per heavy atom. The van der Waals surface area contributed by atoms with Gasteiger partial charge in [0.05, 0.1) is 5.69 Å². The van der Waals surface area contributed by atoms with Crippen LogP contribution in [0.15, 0.2) is 18.2 Å². The number of aryl methyl sites for hydroxylation is 2. The Kier molecular flexibility index (Phi) is 3.78. The molecule has 0 aliphatic rings. The molecule has 0 aliphatic carbocycles. The van der Waals surface area contributed by atoms with Gasteiger partial charge in [-0.2, -0.15) is 5.10 Å². The van der Waals surface area contributed by atoms with Crippen molar-refractivity contribution in [3.05, 3.63) is 45.4 Å². The number of aromatic nitrogens is 2. The molecule has 0 atom stereocenters. The van der Waals surface area contributed by atoms with Crippen molar-refractivity contribution in [1.82, 2.24) is 9.78 Å². The van der Waals surface area contributed by atoms with Crippen molar-refractivity contribution in [2.45, 2.75) is 13.5 Å². The van der Waals surface area contributed by atoms with Crippen LogP contribution in [0.5, 0.6) is 0 Å². The molecule has 1 aromatic carbocycles. The fourth-order valence-corrected chi connectivity index (χ4v) is 2.18. The van der Waals surface area contributed by atoms with E-state index in [9.17, 15) is 4.39 Å². The molecule has 18 heavy (non-hydrogen) atoms. The summed E-state index contributed by atoms with van der Waals surface area (Å²) in [4.78, 5) is 0. The van der Waals surface area contributed by atoms with Crippen LogP contribution >= 0.6 is 23.2 Å². The third kappa shape index (κ3) is 2.76. The molecule has 0 saturated heterocycles. The Bertz CT molecular complexity index is 561. The summed E-state index contributed by atoms with van der Waals surface area (Å²) in [6, 6.07) is 4.30. The summed E-state index contributed by atoms with van der Waals surface area (Å²) in [5, 5.41) is 8.20. The van der Waals surface area contributed by atoms with Crippen molar-refractivity contribution >= 4 is 28.9 Å². The lowest BCUT2D eigenvalue weighted by atomic mass is 10.2. The highest BCUT2D eigenvalue weighted by molar-refractivity contribution is 6.31. The Morgan fingerprint density at radius 3 is 2.61 bits per heavy atom. The maximum atomic E-state index is 13.1. The quantitative estimate of drug-likeness (QED) is 0.931. The minimum absolute atomic E-state index is 0.353. The van der Waals surface area contributed by atoms with Crippen LogP contribution in [-0.2, 0) is 13.6 Å². The molecule has 0 radical (unpaired) electrons. The van der Waals surface area contributed by atoms with Crippen molar-refractivity contribution < 1.29 is 4.39 Å². The van der Waals surface area contributed by atoms with Crippen molar-refractivity contribution in [3.63, 3.8) is 0 Å². The maximum Gasteiger partial charge on any atom is 0.131 e. The van der Waals surface area contributed by atoms with Crippen LogP contribution in [0.2, 0.25) is 10.2 Å². The molecule has 6 heteroatoms. The van der Waals surface area contributed by atoms with E-state index >= 15 is 0 Å². The van der Waals surface area contributed by atoms with Crippen LogP contribution in [0.25, 0.3) is 0 Å². The number of hydrogen-bond donors (Lipinski definition) is 1. The van der Waals surface area contributed by atoms with Crippen LogP contribution in [0.4, 0.5) is 10.1 Å². The third-order valence-corrected chi connectivity index (χ3v) is 3.29. The summed E-state index contributed by atoms with van der Waals surface area (Å²) in [6.07, 6.45) is 0. The fourth-order valence-electron chi connectivity index (χ4n) is 1.72. The molecule has 3 nitrogen and oxygen atoms in total. The van der Waals surface area contributed by atoms with Gasteiger partial charge in [-0.05, 0) is 25.1 Å². The monoisotopic (exact) mass is 287 g/mol. The number of anilines is 1. The minimum Gasteiger partial charge on any atom is -0.381 e. The highest BCUT2D eigenvalue weighted by Gasteiger charge is 2.10. The molecular formula is C12H12Cl2FN3.